The van der Waals surface area contributed by atoms with Crippen LogP contribution in [0.3, 0.4) is 0 Å². The number of nitrogens with two attached hydrogens (primary N) is 2. The van der Waals surface area contributed by atoms with Crippen molar-refractivity contribution in [3.05, 3.63) is 48.5 Å². The number of hydrogen-bond donors (Lipinski definition) is 2. The standard InChI is InChI=1S/C18H26N6/c1-13(19)24(14(2)20)18-11-7-16(8-12-18)22-21-15-5-9-17(10-6-15)23(3)4/h5-14H,19-20H2,1-4H3. The van der Waals surface area contributed by atoms with E-state index in [1.54, 1.807) is 0 Å². The van der Waals surface area contributed by atoms with Crippen molar-refractivity contribution in [2.45, 2.75) is 26.2 Å². The number of nitrogens with zero attached hydrogens (tertiary/aromatic N) is 4. The zero-order valence-electron chi connectivity index (χ0n) is 14.7. The fourth-order valence-electron chi connectivity index (χ4n) is 2.47. The topological polar surface area (TPSA) is 83.2 Å². The summed E-state index contributed by atoms with van der Waals surface area (Å²) in [6.07, 6.45) is -0.319. The summed E-state index contributed by atoms with van der Waals surface area (Å²) in [7, 11) is 4.01. The Labute approximate surface area is 143 Å². The van der Waals surface area contributed by atoms with E-state index in [9.17, 15) is 0 Å². The zero-order chi connectivity index (χ0) is 17.7. The van der Waals surface area contributed by atoms with Gasteiger partial charge in [-0.1, -0.05) is 0 Å². The molecule has 0 aliphatic carbocycles. The Morgan fingerprint density at radius 1 is 0.708 bits per heavy atom. The van der Waals surface area contributed by atoms with Crippen LogP contribution in [0.15, 0.2) is 58.8 Å². The highest BCUT2D eigenvalue weighted by molar-refractivity contribution is 5.54. The second kappa shape index (κ2) is 7.90. The van der Waals surface area contributed by atoms with Crippen molar-refractivity contribution in [3.63, 3.8) is 0 Å². The van der Waals surface area contributed by atoms with Crippen molar-refractivity contribution in [1.82, 2.24) is 0 Å². The van der Waals surface area contributed by atoms with Crippen LogP contribution in [-0.2, 0) is 0 Å². The molecule has 0 aliphatic heterocycles. The minimum absolute atomic E-state index is 0.160. The second-order valence-corrected chi connectivity index (χ2v) is 6.02. The van der Waals surface area contributed by atoms with Crippen LogP contribution in [0.1, 0.15) is 13.8 Å². The second-order valence-electron chi connectivity index (χ2n) is 6.02. The Balaban J connectivity index is 2.10. The molecule has 0 bridgehead atoms. The molecule has 24 heavy (non-hydrogen) atoms. The first-order valence-corrected chi connectivity index (χ1v) is 7.97. The summed E-state index contributed by atoms with van der Waals surface area (Å²) in [5.74, 6) is 0. The average molecular weight is 326 g/mol. The first kappa shape index (κ1) is 17.9. The van der Waals surface area contributed by atoms with Gasteiger partial charge in [-0.15, -0.1) is 0 Å². The summed E-state index contributed by atoms with van der Waals surface area (Å²) in [5, 5.41) is 8.54. The molecule has 2 aromatic carbocycles. The van der Waals surface area contributed by atoms with Crippen LogP contribution >= 0.6 is 0 Å². The molecule has 0 spiro atoms. The van der Waals surface area contributed by atoms with Crippen molar-refractivity contribution >= 4 is 22.7 Å². The molecule has 0 aliphatic rings. The molecule has 2 aromatic rings. The Morgan fingerprint density at radius 2 is 1.08 bits per heavy atom. The van der Waals surface area contributed by atoms with Gasteiger partial charge in [-0.05, 0) is 62.4 Å². The maximum absolute atomic E-state index is 5.98. The van der Waals surface area contributed by atoms with E-state index in [0.29, 0.717) is 0 Å². The van der Waals surface area contributed by atoms with Gasteiger partial charge in [0.05, 0.1) is 23.7 Å². The van der Waals surface area contributed by atoms with Crippen molar-refractivity contribution in [3.8, 4) is 0 Å². The van der Waals surface area contributed by atoms with Gasteiger partial charge in [0.2, 0.25) is 0 Å². The van der Waals surface area contributed by atoms with Gasteiger partial charge >= 0.3 is 0 Å². The highest BCUT2D eigenvalue weighted by atomic mass is 15.3. The lowest BCUT2D eigenvalue weighted by atomic mass is 10.2. The van der Waals surface area contributed by atoms with E-state index in [-0.39, 0.29) is 12.3 Å². The number of hydrogen-bond acceptors (Lipinski definition) is 6. The maximum atomic E-state index is 5.98. The fraction of sp³-hybridized carbons (Fsp3) is 0.333. The van der Waals surface area contributed by atoms with Crippen molar-refractivity contribution in [2.24, 2.45) is 21.7 Å². The van der Waals surface area contributed by atoms with E-state index in [2.05, 4.69) is 10.2 Å². The Hall–Kier alpha value is -2.44. The molecule has 128 valence electrons. The highest BCUT2D eigenvalue weighted by Crippen LogP contribution is 2.24. The van der Waals surface area contributed by atoms with Crippen LogP contribution in [0.25, 0.3) is 0 Å². The number of benzene rings is 2. The lowest BCUT2D eigenvalue weighted by Gasteiger charge is -2.32. The van der Waals surface area contributed by atoms with E-state index in [4.69, 9.17) is 11.5 Å². The molecule has 0 saturated carbocycles. The minimum Gasteiger partial charge on any atom is -0.378 e. The molecule has 4 N–H and O–H groups in total. The average Bonchev–Trinajstić information content (AvgIpc) is 2.54. The number of anilines is 2. The number of azo groups is 1. The van der Waals surface area contributed by atoms with E-state index >= 15 is 0 Å². The lowest BCUT2D eigenvalue weighted by Crippen LogP contribution is -2.49. The molecule has 0 heterocycles. The first-order valence-electron chi connectivity index (χ1n) is 7.97. The van der Waals surface area contributed by atoms with Crippen LogP contribution in [0, 0.1) is 0 Å². The van der Waals surface area contributed by atoms with Gasteiger partial charge in [0.1, 0.15) is 0 Å². The number of rotatable bonds is 6. The van der Waals surface area contributed by atoms with Gasteiger partial charge in [-0.25, -0.2) is 0 Å². The van der Waals surface area contributed by atoms with Gasteiger partial charge in [0.15, 0.2) is 0 Å². The molecule has 0 radical (unpaired) electrons. The van der Waals surface area contributed by atoms with Crippen molar-refractivity contribution < 1.29 is 0 Å². The van der Waals surface area contributed by atoms with Gasteiger partial charge in [-0.2, -0.15) is 10.2 Å². The van der Waals surface area contributed by atoms with E-state index in [0.717, 1.165) is 22.7 Å². The minimum atomic E-state index is -0.160. The molecule has 0 amide bonds. The summed E-state index contributed by atoms with van der Waals surface area (Å²) in [4.78, 5) is 3.99. The van der Waals surface area contributed by atoms with Gasteiger partial charge in [-0.3, -0.25) is 0 Å². The summed E-state index contributed by atoms with van der Waals surface area (Å²) in [5.41, 5.74) is 15.6. The Kier molecular flexibility index (Phi) is 5.89. The van der Waals surface area contributed by atoms with E-state index < -0.39 is 0 Å². The third-order valence-electron chi connectivity index (χ3n) is 3.67. The van der Waals surface area contributed by atoms with Crippen LogP contribution in [-0.4, -0.2) is 26.4 Å². The molecule has 0 fully saturated rings. The van der Waals surface area contributed by atoms with Crippen LogP contribution in [0.5, 0.6) is 0 Å². The third-order valence-corrected chi connectivity index (χ3v) is 3.67. The smallest absolute Gasteiger partial charge is 0.0858 e. The monoisotopic (exact) mass is 326 g/mol. The summed E-state index contributed by atoms with van der Waals surface area (Å²) in [6, 6.07) is 15.6. The fourth-order valence-corrected chi connectivity index (χ4v) is 2.47. The summed E-state index contributed by atoms with van der Waals surface area (Å²) >= 11 is 0. The third kappa shape index (κ3) is 4.53. The molecular formula is C18H26N6. The van der Waals surface area contributed by atoms with Gasteiger partial charge < -0.3 is 21.3 Å². The molecule has 6 nitrogen and oxygen atoms in total. The maximum Gasteiger partial charge on any atom is 0.0858 e. The van der Waals surface area contributed by atoms with Crippen molar-refractivity contribution in [1.29, 1.82) is 0 Å². The predicted octanol–water partition coefficient (Wildman–Crippen LogP) is 3.58. The highest BCUT2D eigenvalue weighted by Gasteiger charge is 2.14. The molecule has 0 saturated heterocycles. The lowest BCUT2D eigenvalue weighted by molar-refractivity contribution is 0.574. The first-order chi connectivity index (χ1) is 11.4. The normalized spacial score (nSPS) is 13.8. The van der Waals surface area contributed by atoms with Crippen LogP contribution in [0.2, 0.25) is 0 Å². The molecule has 2 unspecified atom stereocenters. The zero-order valence-corrected chi connectivity index (χ0v) is 14.7. The Bertz CT molecular complexity index is 651. The van der Waals surface area contributed by atoms with Gasteiger partial charge in [0, 0.05) is 25.5 Å². The van der Waals surface area contributed by atoms with E-state index in [1.165, 1.54) is 0 Å². The van der Waals surface area contributed by atoms with E-state index in [1.807, 2.05) is 86.3 Å². The van der Waals surface area contributed by atoms with Crippen molar-refractivity contribution in [2.75, 3.05) is 23.9 Å². The predicted molar refractivity (Wildman–Crippen MR) is 101 cm³/mol. The van der Waals surface area contributed by atoms with Gasteiger partial charge in [0.25, 0.3) is 0 Å². The molecule has 0 aromatic heterocycles. The summed E-state index contributed by atoms with van der Waals surface area (Å²) < 4.78 is 0. The SMILES string of the molecule is CC(N)N(c1ccc(N=Nc2ccc(N(C)C)cc2)cc1)C(C)N. The quantitative estimate of drug-likeness (QED) is 0.628. The molecular weight excluding hydrogens is 300 g/mol. The molecule has 6 heteroatoms. The van der Waals surface area contributed by atoms with Crippen LogP contribution < -0.4 is 21.3 Å². The molecule has 2 atom stereocenters. The van der Waals surface area contributed by atoms with Crippen LogP contribution in [0.4, 0.5) is 22.7 Å². The summed E-state index contributed by atoms with van der Waals surface area (Å²) in [6.45, 7) is 3.82. The largest absolute Gasteiger partial charge is 0.378 e. The molecule has 2 rings (SSSR count). The Morgan fingerprint density at radius 3 is 1.42 bits per heavy atom.